The van der Waals surface area contributed by atoms with Crippen molar-refractivity contribution >= 4 is 17.4 Å². The van der Waals surface area contributed by atoms with Gasteiger partial charge in [-0.2, -0.15) is 0 Å². The van der Waals surface area contributed by atoms with E-state index in [1.54, 1.807) is 11.8 Å². The molecular formula is C15H19N2S+. The molecule has 0 heterocycles. The first-order valence-corrected chi connectivity index (χ1v) is 6.73. The summed E-state index contributed by atoms with van der Waals surface area (Å²) in [6.45, 7) is 0.940. The van der Waals surface area contributed by atoms with Gasteiger partial charge in [0.25, 0.3) is 0 Å². The summed E-state index contributed by atoms with van der Waals surface area (Å²) in [5.74, 6) is 0. The Morgan fingerprint density at radius 2 is 1.61 bits per heavy atom. The molecule has 0 unspecified atom stereocenters. The van der Waals surface area contributed by atoms with E-state index < -0.39 is 0 Å². The van der Waals surface area contributed by atoms with Gasteiger partial charge in [0.15, 0.2) is 0 Å². The monoisotopic (exact) mass is 259 g/mol. The quantitative estimate of drug-likeness (QED) is 0.851. The van der Waals surface area contributed by atoms with Crippen molar-refractivity contribution in [2.75, 3.05) is 19.8 Å². The highest BCUT2D eigenvalue weighted by Crippen LogP contribution is 2.34. The van der Waals surface area contributed by atoms with E-state index in [9.17, 15) is 0 Å². The number of hydrogen-bond acceptors (Lipinski definition) is 3. The van der Waals surface area contributed by atoms with Crippen LogP contribution in [0.2, 0.25) is 0 Å². The number of nitrogens with two attached hydrogens (primary N) is 1. The molecule has 0 atom stereocenters. The Hall–Kier alpha value is -1.45. The molecule has 0 aliphatic rings. The number of benzene rings is 2. The maximum atomic E-state index is 5.99. The van der Waals surface area contributed by atoms with Crippen LogP contribution in [0.25, 0.3) is 0 Å². The number of nitrogens with zero attached hydrogens (tertiary/aromatic N) is 1. The minimum atomic E-state index is 0. The molecular weight excluding hydrogens is 240 g/mol. The zero-order valence-corrected chi connectivity index (χ0v) is 11.6. The van der Waals surface area contributed by atoms with Crippen LogP contribution in [0.4, 0.5) is 5.69 Å². The molecule has 0 radical (unpaired) electrons. The van der Waals surface area contributed by atoms with Gasteiger partial charge in [0.05, 0.1) is 0 Å². The molecule has 2 aromatic carbocycles. The third-order valence-corrected chi connectivity index (χ3v) is 3.81. The van der Waals surface area contributed by atoms with Gasteiger partial charge in [-0.3, -0.25) is 0 Å². The first-order valence-electron chi connectivity index (χ1n) is 5.92. The fraction of sp³-hybridized carbons (Fsp3) is 0.200. The third-order valence-electron chi connectivity index (χ3n) is 2.60. The summed E-state index contributed by atoms with van der Waals surface area (Å²) < 4.78 is 0. The van der Waals surface area contributed by atoms with Gasteiger partial charge in [0.1, 0.15) is 0 Å². The minimum absolute atomic E-state index is 0. The predicted molar refractivity (Wildman–Crippen MR) is 79.9 cm³/mol. The Balaban J connectivity index is 0.00000180. The van der Waals surface area contributed by atoms with Crippen molar-refractivity contribution in [1.29, 1.82) is 0 Å². The zero-order valence-electron chi connectivity index (χ0n) is 11.8. The van der Waals surface area contributed by atoms with E-state index in [4.69, 9.17) is 5.73 Å². The van der Waals surface area contributed by atoms with E-state index in [0.717, 1.165) is 17.1 Å². The topological polar surface area (TPSA) is 29.3 Å². The number of para-hydroxylation sites is 1. The highest BCUT2D eigenvalue weighted by molar-refractivity contribution is 7.99. The van der Waals surface area contributed by atoms with Crippen LogP contribution in [-0.2, 0) is 6.54 Å². The Morgan fingerprint density at radius 1 is 1.00 bits per heavy atom. The van der Waals surface area contributed by atoms with Crippen LogP contribution in [0.1, 0.15) is 6.99 Å². The van der Waals surface area contributed by atoms with Crippen molar-refractivity contribution < 1.29 is 1.43 Å². The molecule has 0 saturated heterocycles. The maximum Gasteiger partial charge on any atom is 1.00 e. The van der Waals surface area contributed by atoms with E-state index in [0.29, 0.717) is 0 Å². The predicted octanol–water partition coefficient (Wildman–Crippen LogP) is 3.59. The van der Waals surface area contributed by atoms with E-state index in [-0.39, 0.29) is 1.43 Å². The largest absolute Gasteiger partial charge is 1.00 e. The fourth-order valence-electron chi connectivity index (χ4n) is 1.77. The molecule has 2 N–H and O–H groups in total. The average molecular weight is 259 g/mol. The van der Waals surface area contributed by atoms with Crippen molar-refractivity contribution in [3.8, 4) is 0 Å². The van der Waals surface area contributed by atoms with Crippen molar-refractivity contribution in [2.24, 2.45) is 0 Å². The van der Waals surface area contributed by atoms with Crippen molar-refractivity contribution in [1.82, 2.24) is 4.90 Å². The second-order valence-electron chi connectivity index (χ2n) is 4.49. The van der Waals surface area contributed by atoms with E-state index in [1.807, 2.05) is 18.2 Å². The van der Waals surface area contributed by atoms with Gasteiger partial charge in [-0.05, 0) is 37.9 Å². The van der Waals surface area contributed by atoms with Crippen LogP contribution in [0.5, 0.6) is 0 Å². The fourth-order valence-corrected chi connectivity index (χ4v) is 2.75. The van der Waals surface area contributed by atoms with Crippen molar-refractivity contribution in [2.45, 2.75) is 16.3 Å². The lowest BCUT2D eigenvalue weighted by Gasteiger charge is -2.14. The highest BCUT2D eigenvalue weighted by Gasteiger charge is 2.06. The summed E-state index contributed by atoms with van der Waals surface area (Å²) in [4.78, 5) is 4.56. The Morgan fingerprint density at radius 3 is 2.28 bits per heavy atom. The molecule has 0 aliphatic carbocycles. The summed E-state index contributed by atoms with van der Waals surface area (Å²) in [7, 11) is 4.16. The van der Waals surface area contributed by atoms with Crippen molar-refractivity contribution in [3.05, 3.63) is 54.1 Å². The van der Waals surface area contributed by atoms with Gasteiger partial charge in [-0.1, -0.05) is 42.1 Å². The van der Waals surface area contributed by atoms with Gasteiger partial charge in [-0.25, -0.2) is 0 Å². The lowest BCUT2D eigenvalue weighted by atomic mass is 10.2. The lowest BCUT2D eigenvalue weighted by Crippen LogP contribution is -2.11. The third kappa shape index (κ3) is 3.28. The summed E-state index contributed by atoms with van der Waals surface area (Å²) >= 11 is 1.73. The summed E-state index contributed by atoms with van der Waals surface area (Å²) in [5, 5.41) is 0. The van der Waals surface area contributed by atoms with Crippen LogP contribution in [0.15, 0.2) is 58.3 Å². The molecule has 0 amide bonds. The first-order chi connectivity index (χ1) is 8.66. The second kappa shape index (κ2) is 5.94. The van der Waals surface area contributed by atoms with Crippen LogP contribution in [0, 0.1) is 0 Å². The molecule has 0 bridgehead atoms. The smallest absolute Gasteiger partial charge is 0.398 e. The van der Waals surface area contributed by atoms with E-state index in [2.05, 4.69) is 49.3 Å². The van der Waals surface area contributed by atoms with E-state index >= 15 is 0 Å². The Labute approximate surface area is 114 Å². The van der Waals surface area contributed by atoms with Gasteiger partial charge < -0.3 is 10.6 Å². The normalized spacial score (nSPS) is 10.8. The molecule has 3 heteroatoms. The minimum Gasteiger partial charge on any atom is -0.398 e. The molecule has 0 saturated carbocycles. The van der Waals surface area contributed by atoms with Crippen LogP contribution >= 0.6 is 11.8 Å². The molecule has 0 spiro atoms. The second-order valence-corrected chi connectivity index (χ2v) is 5.57. The molecule has 0 aliphatic heterocycles. The van der Waals surface area contributed by atoms with Crippen LogP contribution in [-0.4, -0.2) is 19.0 Å². The zero-order chi connectivity index (χ0) is 13.0. The molecule has 2 aromatic rings. The van der Waals surface area contributed by atoms with Crippen LogP contribution < -0.4 is 5.73 Å². The number of nitrogen functional groups attached to an aromatic ring is 1. The van der Waals surface area contributed by atoms with Gasteiger partial charge >= 0.3 is 1.43 Å². The van der Waals surface area contributed by atoms with Gasteiger partial charge in [0, 0.05) is 22.0 Å². The molecule has 94 valence electrons. The first kappa shape index (κ1) is 13.0. The summed E-state index contributed by atoms with van der Waals surface area (Å²) in [6, 6.07) is 16.5. The van der Waals surface area contributed by atoms with E-state index in [1.165, 1.54) is 10.5 Å². The van der Waals surface area contributed by atoms with Gasteiger partial charge in [0.2, 0.25) is 0 Å². The molecule has 2 rings (SSSR count). The summed E-state index contributed by atoms with van der Waals surface area (Å²) in [6.07, 6.45) is 0. The maximum absolute atomic E-state index is 5.99. The number of anilines is 1. The highest BCUT2D eigenvalue weighted by atomic mass is 32.2. The lowest BCUT2D eigenvalue weighted by molar-refractivity contribution is 0.399. The van der Waals surface area contributed by atoms with Gasteiger partial charge in [-0.15, -0.1) is 0 Å². The summed E-state index contributed by atoms with van der Waals surface area (Å²) in [5.41, 5.74) is 8.15. The van der Waals surface area contributed by atoms with Crippen LogP contribution in [0.3, 0.4) is 0 Å². The molecule has 0 fully saturated rings. The standard InChI is InChI=1S/C15H18N2S/c1-17(2)11-12-7-3-5-9-14(12)18-15-10-6-4-8-13(15)16/h3-10H,11,16H2,1-2H3/p+1. The molecule has 18 heavy (non-hydrogen) atoms. The number of hydrogen-bond donors (Lipinski definition) is 1. The Kier molecular flexibility index (Phi) is 4.28. The Bertz CT molecular complexity index is 529. The SMILES string of the molecule is CN(C)Cc1ccccc1Sc1ccccc1N.[H+]. The average Bonchev–Trinajstić information content (AvgIpc) is 2.34. The molecule has 2 nitrogen and oxygen atoms in total. The number of rotatable bonds is 4. The molecule has 0 aromatic heterocycles. The van der Waals surface area contributed by atoms with Crippen molar-refractivity contribution in [3.63, 3.8) is 0 Å².